The molecule has 1 atom stereocenters. The van der Waals surface area contributed by atoms with Gasteiger partial charge < -0.3 is 19.1 Å². The summed E-state index contributed by atoms with van der Waals surface area (Å²) in [4.78, 5) is 31.0. The molecule has 160 valence electrons. The van der Waals surface area contributed by atoms with Gasteiger partial charge in [0.25, 0.3) is 5.56 Å². The first-order valence-corrected chi connectivity index (χ1v) is 11.3. The largest absolute Gasteiger partial charge is 0.508 e. The van der Waals surface area contributed by atoms with E-state index >= 15 is 0 Å². The minimum absolute atomic E-state index is 0.0697. The van der Waals surface area contributed by atoms with Gasteiger partial charge in [0.2, 0.25) is 3.61 Å². The highest BCUT2D eigenvalue weighted by Gasteiger charge is 2.48. The van der Waals surface area contributed by atoms with Crippen molar-refractivity contribution in [3.63, 3.8) is 0 Å². The Morgan fingerprint density at radius 3 is 2.77 bits per heavy atom. The molecule has 2 aliphatic rings. The third kappa shape index (κ3) is 2.91. The van der Waals surface area contributed by atoms with E-state index in [4.69, 9.17) is 14.5 Å². The number of hydrogen-bond donors (Lipinski definition) is 1. The summed E-state index contributed by atoms with van der Waals surface area (Å²) in [7, 11) is 0. The molecule has 2 aliphatic heterocycles. The molecule has 0 fully saturated rings. The quantitative estimate of drug-likeness (QED) is 0.246. The maximum Gasteiger partial charge on any atom is 0.354 e. The van der Waals surface area contributed by atoms with Gasteiger partial charge in [-0.1, -0.05) is 6.92 Å². The maximum absolute atomic E-state index is 13.4. The standard InChI is InChI=1S/C23H21IN2O5/c1-4-13-14-7-12(27)5-6-18(14)25-20-15(13)9-26-19(20)8-17-16(21(26)28)10-30-22(29)23(17,24)31-11(2)3/h5-8,11,27H,4,9-10H2,1-3H3/t23-/m0/s1. The fraction of sp³-hybridized carbons (Fsp3) is 0.348. The molecule has 1 aromatic carbocycles. The van der Waals surface area contributed by atoms with E-state index in [1.54, 1.807) is 22.8 Å². The van der Waals surface area contributed by atoms with E-state index in [2.05, 4.69) is 6.92 Å². The first-order valence-electron chi connectivity index (χ1n) is 10.2. The van der Waals surface area contributed by atoms with Gasteiger partial charge in [-0.25, -0.2) is 9.78 Å². The Bertz CT molecular complexity index is 1330. The van der Waals surface area contributed by atoms with Crippen LogP contribution in [0.4, 0.5) is 0 Å². The number of pyridine rings is 2. The minimum Gasteiger partial charge on any atom is -0.508 e. The second-order valence-corrected chi connectivity index (χ2v) is 9.64. The molecule has 0 radical (unpaired) electrons. The number of carbonyl (C=O) groups is 1. The number of cyclic esters (lactones) is 1. The SMILES string of the molecule is CCc1c2c(nc3ccc(O)cc13)-c1cc3c(c(=O)n1C2)COC(=O)[C@@]3(I)OC(C)C. The molecule has 0 saturated carbocycles. The smallest absolute Gasteiger partial charge is 0.354 e. The predicted molar refractivity (Wildman–Crippen MR) is 123 cm³/mol. The summed E-state index contributed by atoms with van der Waals surface area (Å²) in [6, 6.07) is 6.97. The molecular formula is C23H21IN2O5. The fourth-order valence-electron chi connectivity index (χ4n) is 4.55. The number of fused-ring (bicyclic) bond motifs is 5. The second kappa shape index (κ2) is 7.03. The van der Waals surface area contributed by atoms with Crippen LogP contribution in [0.2, 0.25) is 0 Å². The molecule has 4 heterocycles. The van der Waals surface area contributed by atoms with Crippen LogP contribution in [-0.2, 0) is 37.4 Å². The molecule has 0 unspecified atom stereocenters. The van der Waals surface area contributed by atoms with Gasteiger partial charge in [0.05, 0.1) is 35.1 Å². The zero-order chi connectivity index (χ0) is 22.1. The summed E-state index contributed by atoms with van der Waals surface area (Å²) in [6.07, 6.45) is 0.502. The molecule has 1 N–H and O–H groups in total. The molecule has 0 saturated heterocycles. The van der Waals surface area contributed by atoms with E-state index in [-0.39, 0.29) is 24.0 Å². The van der Waals surface area contributed by atoms with Crippen LogP contribution in [-0.4, -0.2) is 26.7 Å². The van der Waals surface area contributed by atoms with Gasteiger partial charge in [-0.2, -0.15) is 0 Å². The number of carbonyl (C=O) groups excluding carboxylic acids is 1. The zero-order valence-electron chi connectivity index (χ0n) is 17.4. The first-order chi connectivity index (χ1) is 14.7. The molecule has 0 aliphatic carbocycles. The Kier molecular flexibility index (Phi) is 4.63. The number of aryl methyl sites for hydroxylation is 1. The molecule has 31 heavy (non-hydrogen) atoms. The normalized spacial score (nSPS) is 19.3. The van der Waals surface area contributed by atoms with Crippen LogP contribution >= 0.6 is 22.6 Å². The van der Waals surface area contributed by atoms with Crippen molar-refractivity contribution in [1.29, 1.82) is 0 Å². The average molecular weight is 532 g/mol. The van der Waals surface area contributed by atoms with Crippen molar-refractivity contribution in [2.24, 2.45) is 0 Å². The fourth-order valence-corrected chi connectivity index (χ4v) is 5.69. The number of phenolic OH excluding ortho intramolecular Hbond substituents is 1. The first kappa shape index (κ1) is 20.4. The van der Waals surface area contributed by atoms with Gasteiger partial charge in [-0.3, -0.25) is 4.79 Å². The molecule has 8 heteroatoms. The lowest BCUT2D eigenvalue weighted by Gasteiger charge is -2.33. The van der Waals surface area contributed by atoms with Crippen molar-refractivity contribution in [3.8, 4) is 17.1 Å². The van der Waals surface area contributed by atoms with Crippen LogP contribution in [0.5, 0.6) is 5.75 Å². The Morgan fingerprint density at radius 2 is 2.06 bits per heavy atom. The topological polar surface area (TPSA) is 90.7 Å². The van der Waals surface area contributed by atoms with Crippen LogP contribution in [0.15, 0.2) is 29.1 Å². The highest BCUT2D eigenvalue weighted by molar-refractivity contribution is 14.1. The van der Waals surface area contributed by atoms with Gasteiger partial charge in [0.15, 0.2) is 0 Å². The van der Waals surface area contributed by atoms with Crippen LogP contribution in [0, 0.1) is 0 Å². The number of nitrogens with zero attached hydrogens (tertiary/aromatic N) is 2. The Morgan fingerprint density at radius 1 is 1.29 bits per heavy atom. The maximum atomic E-state index is 13.4. The van der Waals surface area contributed by atoms with Gasteiger partial charge in [0.1, 0.15) is 12.4 Å². The number of hydrogen-bond acceptors (Lipinski definition) is 6. The molecule has 0 amide bonds. The Labute approximate surface area is 192 Å². The Balaban J connectivity index is 1.80. The van der Waals surface area contributed by atoms with Crippen molar-refractivity contribution in [3.05, 3.63) is 56.9 Å². The molecule has 2 aromatic heterocycles. The summed E-state index contributed by atoms with van der Waals surface area (Å²) < 4.78 is 11.6. The van der Waals surface area contributed by atoms with Crippen LogP contribution in [0.1, 0.15) is 43.0 Å². The van der Waals surface area contributed by atoms with Gasteiger partial charge >= 0.3 is 5.97 Å². The summed E-state index contributed by atoms with van der Waals surface area (Å²) in [5, 5.41) is 10.9. The number of benzene rings is 1. The van der Waals surface area contributed by atoms with Crippen molar-refractivity contribution in [2.45, 2.75) is 50.1 Å². The molecule has 0 bridgehead atoms. The van der Waals surface area contributed by atoms with Crippen LogP contribution in [0.25, 0.3) is 22.3 Å². The molecule has 0 spiro atoms. The number of phenols is 1. The van der Waals surface area contributed by atoms with Crippen molar-refractivity contribution >= 4 is 39.5 Å². The number of ether oxygens (including phenoxy) is 2. The van der Waals surface area contributed by atoms with Crippen LogP contribution < -0.4 is 5.56 Å². The van der Waals surface area contributed by atoms with Crippen molar-refractivity contribution < 1.29 is 19.4 Å². The predicted octanol–water partition coefficient (Wildman–Crippen LogP) is 3.76. The van der Waals surface area contributed by atoms with E-state index in [1.165, 1.54) is 0 Å². The Hall–Kier alpha value is -2.46. The number of halogens is 1. The highest BCUT2D eigenvalue weighted by atomic mass is 127. The minimum atomic E-state index is -1.38. The lowest BCUT2D eigenvalue weighted by atomic mass is 9.97. The number of rotatable bonds is 3. The van der Waals surface area contributed by atoms with E-state index in [9.17, 15) is 14.7 Å². The van der Waals surface area contributed by atoms with E-state index in [0.29, 0.717) is 23.4 Å². The molecular weight excluding hydrogens is 511 g/mol. The number of alkyl halides is 1. The van der Waals surface area contributed by atoms with E-state index in [1.807, 2.05) is 42.5 Å². The summed E-state index contributed by atoms with van der Waals surface area (Å²) in [6.45, 7) is 6.06. The third-order valence-electron chi connectivity index (χ3n) is 5.85. The second-order valence-electron chi connectivity index (χ2n) is 8.12. The third-order valence-corrected chi connectivity index (χ3v) is 7.13. The van der Waals surface area contributed by atoms with Gasteiger partial charge in [-0.15, -0.1) is 0 Å². The number of esters is 1. The average Bonchev–Trinajstić information content (AvgIpc) is 3.08. The van der Waals surface area contributed by atoms with E-state index < -0.39 is 9.58 Å². The van der Waals surface area contributed by atoms with Gasteiger partial charge in [0, 0.05) is 16.5 Å². The number of aromatic nitrogens is 2. The van der Waals surface area contributed by atoms with Crippen molar-refractivity contribution in [2.75, 3.05) is 0 Å². The van der Waals surface area contributed by atoms with Crippen molar-refractivity contribution in [1.82, 2.24) is 9.55 Å². The molecule has 7 nitrogen and oxygen atoms in total. The lowest BCUT2D eigenvalue weighted by Crippen LogP contribution is -2.43. The summed E-state index contributed by atoms with van der Waals surface area (Å²) >= 11 is 1.94. The highest BCUT2D eigenvalue weighted by Crippen LogP contribution is 2.44. The summed E-state index contributed by atoms with van der Waals surface area (Å²) in [5.41, 5.74) is 4.97. The van der Waals surface area contributed by atoms with E-state index in [0.717, 1.165) is 34.1 Å². The molecule has 3 aromatic rings. The number of aromatic hydroxyl groups is 1. The van der Waals surface area contributed by atoms with Crippen LogP contribution in [0.3, 0.4) is 0 Å². The van der Waals surface area contributed by atoms with Gasteiger partial charge in [-0.05, 0) is 72.7 Å². The molecule has 5 rings (SSSR count). The monoisotopic (exact) mass is 532 g/mol. The summed E-state index contributed by atoms with van der Waals surface area (Å²) in [5.74, 6) is -0.323. The zero-order valence-corrected chi connectivity index (χ0v) is 19.5. The lowest BCUT2D eigenvalue weighted by molar-refractivity contribution is -0.167.